The lowest BCUT2D eigenvalue weighted by Gasteiger charge is -2.47. The third-order valence-electron chi connectivity index (χ3n) is 10.4. The van der Waals surface area contributed by atoms with Crippen molar-refractivity contribution in [3.8, 4) is 21.7 Å². The zero-order chi connectivity index (χ0) is 41.0. The summed E-state index contributed by atoms with van der Waals surface area (Å²) in [7, 11) is 0. The minimum absolute atomic E-state index is 0.0132. The predicted octanol–water partition coefficient (Wildman–Crippen LogP) is 10.6. The largest absolute Gasteiger partial charge is 0.464 e. The molecule has 2 aliphatic rings. The summed E-state index contributed by atoms with van der Waals surface area (Å²) >= 11 is 7.80. The van der Waals surface area contributed by atoms with Crippen LogP contribution >= 0.6 is 22.9 Å². The van der Waals surface area contributed by atoms with Crippen LogP contribution in [-0.2, 0) is 19.0 Å². The fourth-order valence-corrected chi connectivity index (χ4v) is 9.07. The second-order valence-corrected chi connectivity index (χ2v) is 18.3. The maximum Gasteiger partial charge on any atom is 0.410 e. The number of piperidine rings is 1. The molecule has 2 saturated heterocycles. The van der Waals surface area contributed by atoms with Crippen molar-refractivity contribution in [2.45, 2.75) is 104 Å². The molecule has 14 heteroatoms. The van der Waals surface area contributed by atoms with Gasteiger partial charge in [-0.1, -0.05) is 23.7 Å². The van der Waals surface area contributed by atoms with Crippen molar-refractivity contribution >= 4 is 56.1 Å². The molecule has 57 heavy (non-hydrogen) atoms. The number of thiazole rings is 1. The maximum atomic E-state index is 14.4. The number of carbonyl (C=O) groups is 2. The van der Waals surface area contributed by atoms with Crippen LogP contribution in [-0.4, -0.2) is 86.7 Å². The number of halogens is 3. The molecule has 2 fully saturated rings. The fourth-order valence-electron chi connectivity index (χ4n) is 7.82. The molecule has 0 radical (unpaired) electrons. The van der Waals surface area contributed by atoms with Crippen LogP contribution in [0, 0.1) is 6.92 Å². The van der Waals surface area contributed by atoms with Gasteiger partial charge in [0.05, 0.1) is 33.6 Å². The lowest BCUT2D eigenvalue weighted by Crippen LogP contribution is -2.62. The van der Waals surface area contributed by atoms with E-state index in [1.165, 1.54) is 11.3 Å². The monoisotopic (exact) mass is 821 g/mol. The van der Waals surface area contributed by atoms with E-state index in [2.05, 4.69) is 10.00 Å². The molecule has 4 heterocycles. The second-order valence-electron chi connectivity index (χ2n) is 16.9. The van der Waals surface area contributed by atoms with Crippen LogP contribution in [0.4, 0.5) is 13.6 Å². The van der Waals surface area contributed by atoms with E-state index in [1.54, 1.807) is 17.9 Å². The minimum Gasteiger partial charge on any atom is -0.464 e. The number of aryl methyl sites for hydroxylation is 1. The highest BCUT2D eigenvalue weighted by Crippen LogP contribution is 2.45. The Balaban J connectivity index is 1.23. The van der Waals surface area contributed by atoms with Gasteiger partial charge in [-0.15, -0.1) is 11.3 Å². The molecule has 1 atom stereocenters. The van der Waals surface area contributed by atoms with Crippen LogP contribution in [0.1, 0.15) is 96.7 Å². The number of nitrogens with zero attached hydrogens (tertiary/aromatic N) is 5. The molecule has 0 unspecified atom stereocenters. The zero-order valence-corrected chi connectivity index (χ0v) is 35.3. The van der Waals surface area contributed by atoms with Crippen molar-refractivity contribution in [3.05, 3.63) is 70.4 Å². The molecule has 1 amide bonds. The normalized spacial score (nSPS) is 16.7. The van der Waals surface area contributed by atoms with Gasteiger partial charge in [0.15, 0.2) is 6.10 Å². The number of likely N-dealkylation sites (tertiary alicyclic amines) is 2. The molecule has 0 spiro atoms. The van der Waals surface area contributed by atoms with E-state index < -0.39 is 29.8 Å². The lowest BCUT2D eigenvalue weighted by molar-refractivity contribution is -0.166. The SMILES string of the molecule is CCOC(=O)[C@@H](OC(C)(C)C)c1c(C)cc2nc(-c3ccc4c(c3)c(C3CCN(C5CN(C(=O)OC(C)(C)C)C5)CC3)nn4C(F)F)sc2c1-c1ccc(Cl)cc1. The van der Waals surface area contributed by atoms with Gasteiger partial charge in [-0.05, 0) is 129 Å². The van der Waals surface area contributed by atoms with E-state index in [9.17, 15) is 18.4 Å². The number of fused-ring (bicyclic) bond motifs is 2. The molecule has 3 aromatic carbocycles. The molecular formula is C43H50ClF2N5O5S. The smallest absolute Gasteiger partial charge is 0.410 e. The molecule has 7 rings (SSSR count). The van der Waals surface area contributed by atoms with Crippen LogP contribution < -0.4 is 0 Å². The van der Waals surface area contributed by atoms with Gasteiger partial charge in [-0.25, -0.2) is 19.3 Å². The van der Waals surface area contributed by atoms with Gasteiger partial charge in [-0.3, -0.25) is 4.90 Å². The summed E-state index contributed by atoms with van der Waals surface area (Å²) in [6, 6.07) is 15.1. The molecule has 0 aliphatic carbocycles. The lowest BCUT2D eigenvalue weighted by atomic mass is 9.90. The van der Waals surface area contributed by atoms with Gasteiger partial charge in [-0.2, -0.15) is 13.9 Å². The standard InChI is InChI=1S/C43H50ClF2N5O5S/c1-9-54-39(52)36(55-42(3,4)5)33-24(2)20-31-37(34(33)25-10-13-28(44)14-11-25)57-38(47-31)27-12-15-32-30(21-27)35(48-51(32)40(45)46)26-16-18-49(19-17-26)29-22-50(23-29)41(53)56-43(6,7)8/h10-15,20-21,26,29,36,40H,9,16-19,22-23H2,1-8H3/t36-/m0/s1. The van der Waals surface area contributed by atoms with Crippen LogP contribution in [0.25, 0.3) is 42.8 Å². The van der Waals surface area contributed by atoms with Crippen LogP contribution in [0.5, 0.6) is 0 Å². The van der Waals surface area contributed by atoms with E-state index in [0.29, 0.717) is 45.3 Å². The molecular weight excluding hydrogens is 772 g/mol. The number of ether oxygens (including phenoxy) is 3. The molecule has 304 valence electrons. The van der Waals surface area contributed by atoms with Crippen molar-refractivity contribution in [1.82, 2.24) is 24.6 Å². The number of carbonyl (C=O) groups excluding carboxylic acids is 2. The Labute approximate surface area is 341 Å². The highest BCUT2D eigenvalue weighted by Gasteiger charge is 2.39. The molecule has 0 N–H and O–H groups in total. The topological polar surface area (TPSA) is 99.0 Å². The van der Waals surface area contributed by atoms with Crippen LogP contribution in [0.3, 0.4) is 0 Å². The van der Waals surface area contributed by atoms with E-state index in [4.69, 9.17) is 30.8 Å². The number of amides is 1. The Morgan fingerprint density at radius 3 is 2.25 bits per heavy atom. The quantitative estimate of drug-likeness (QED) is 0.136. The average molecular weight is 822 g/mol. The van der Waals surface area contributed by atoms with E-state index in [1.807, 2.05) is 90.9 Å². The number of hydrogen-bond donors (Lipinski definition) is 0. The first-order valence-corrected chi connectivity index (χ1v) is 20.7. The van der Waals surface area contributed by atoms with E-state index in [0.717, 1.165) is 63.1 Å². The van der Waals surface area contributed by atoms with Gasteiger partial charge in [0.25, 0.3) is 0 Å². The summed E-state index contributed by atoms with van der Waals surface area (Å²) in [6.07, 6.45) is 0.209. The summed E-state index contributed by atoms with van der Waals surface area (Å²) in [6.45, 7) is 15.2. The second kappa shape index (κ2) is 15.9. The first kappa shape index (κ1) is 41.0. The Kier molecular flexibility index (Phi) is 11.4. The summed E-state index contributed by atoms with van der Waals surface area (Å²) in [4.78, 5) is 35.3. The zero-order valence-electron chi connectivity index (χ0n) is 33.7. The van der Waals surface area contributed by atoms with Gasteiger partial charge in [0.1, 0.15) is 10.6 Å². The fraction of sp³-hybridized carbons (Fsp3) is 0.488. The number of aromatic nitrogens is 3. The van der Waals surface area contributed by atoms with Gasteiger partial charge < -0.3 is 19.1 Å². The molecule has 0 bridgehead atoms. The summed E-state index contributed by atoms with van der Waals surface area (Å²) < 4.78 is 48.0. The van der Waals surface area contributed by atoms with E-state index >= 15 is 0 Å². The number of alkyl halides is 2. The van der Waals surface area contributed by atoms with Crippen LogP contribution in [0.15, 0.2) is 48.5 Å². The third-order valence-corrected chi connectivity index (χ3v) is 11.8. The molecule has 2 aromatic heterocycles. The minimum atomic E-state index is -2.80. The molecule has 0 saturated carbocycles. The Bertz CT molecular complexity index is 2280. The van der Waals surface area contributed by atoms with Crippen molar-refractivity contribution in [3.63, 3.8) is 0 Å². The van der Waals surface area contributed by atoms with Crippen molar-refractivity contribution in [2.24, 2.45) is 0 Å². The summed E-state index contributed by atoms with van der Waals surface area (Å²) in [5.74, 6) is -0.495. The Hall–Kier alpha value is -4.17. The third kappa shape index (κ3) is 8.67. The number of rotatable bonds is 9. The van der Waals surface area contributed by atoms with Crippen molar-refractivity contribution in [2.75, 3.05) is 32.8 Å². The number of esters is 1. The van der Waals surface area contributed by atoms with Gasteiger partial charge in [0, 0.05) is 52.1 Å². The van der Waals surface area contributed by atoms with Gasteiger partial charge in [0.2, 0.25) is 0 Å². The highest BCUT2D eigenvalue weighted by molar-refractivity contribution is 7.22. The molecule has 2 aliphatic heterocycles. The number of hydrogen-bond acceptors (Lipinski definition) is 9. The molecule has 5 aromatic rings. The molecule has 10 nitrogen and oxygen atoms in total. The predicted molar refractivity (Wildman–Crippen MR) is 220 cm³/mol. The first-order chi connectivity index (χ1) is 26.9. The highest BCUT2D eigenvalue weighted by atomic mass is 35.5. The summed E-state index contributed by atoms with van der Waals surface area (Å²) in [5, 5.41) is 6.48. The van der Waals surface area contributed by atoms with Gasteiger partial charge >= 0.3 is 18.6 Å². The average Bonchev–Trinajstić information content (AvgIpc) is 3.71. The first-order valence-electron chi connectivity index (χ1n) is 19.5. The maximum absolute atomic E-state index is 14.4. The van der Waals surface area contributed by atoms with E-state index in [-0.39, 0.29) is 24.7 Å². The number of benzene rings is 3. The van der Waals surface area contributed by atoms with Crippen LogP contribution in [0.2, 0.25) is 5.02 Å². The summed E-state index contributed by atoms with van der Waals surface area (Å²) in [5.41, 5.74) is 4.48. The Morgan fingerprint density at radius 1 is 0.965 bits per heavy atom. The van der Waals surface area contributed by atoms with Crippen molar-refractivity contribution in [1.29, 1.82) is 0 Å². The Morgan fingerprint density at radius 2 is 1.63 bits per heavy atom. The van der Waals surface area contributed by atoms with Crippen molar-refractivity contribution < 1.29 is 32.6 Å².